The highest BCUT2D eigenvalue weighted by atomic mass is 16.3. The van der Waals surface area contributed by atoms with Crippen LogP contribution in [0.3, 0.4) is 0 Å². The zero-order valence-corrected chi connectivity index (χ0v) is 15.7. The average molecular weight is 331 g/mol. The lowest BCUT2D eigenvalue weighted by atomic mass is 9.55. The molecule has 0 aromatic carbocycles. The number of aliphatic hydroxyl groups excluding tert-OH is 1. The lowest BCUT2D eigenvalue weighted by Crippen LogP contribution is -2.42. The van der Waals surface area contributed by atoms with Crippen LogP contribution in [0.1, 0.15) is 78.6 Å². The molecule has 0 aliphatic heterocycles. The van der Waals surface area contributed by atoms with Gasteiger partial charge in [0.05, 0.1) is 6.10 Å². The monoisotopic (exact) mass is 330 g/mol. The number of hydrogen-bond donors (Lipinski definition) is 1. The molecule has 134 valence electrons. The highest BCUT2D eigenvalue weighted by molar-refractivity contribution is 5.79. The molecule has 0 bridgehead atoms. The van der Waals surface area contributed by atoms with Gasteiger partial charge in [0, 0.05) is 5.92 Å². The van der Waals surface area contributed by atoms with Crippen molar-refractivity contribution in [1.82, 2.24) is 0 Å². The molecule has 7 atom stereocenters. The lowest BCUT2D eigenvalue weighted by molar-refractivity contribution is -0.124. The maximum atomic E-state index is 12.2. The maximum absolute atomic E-state index is 12.2. The fourth-order valence-electron chi connectivity index (χ4n) is 7.33. The predicted octanol–water partition coefficient (Wildman–Crippen LogP) is 4.91. The van der Waals surface area contributed by atoms with Gasteiger partial charge in [0.1, 0.15) is 5.78 Å². The van der Waals surface area contributed by atoms with Gasteiger partial charge < -0.3 is 5.11 Å². The molecule has 0 aromatic heterocycles. The second kappa shape index (κ2) is 5.69. The first kappa shape index (κ1) is 16.8. The third-order valence-electron chi connectivity index (χ3n) is 8.84. The number of ketones is 1. The summed E-state index contributed by atoms with van der Waals surface area (Å²) in [6.07, 6.45) is 12.8. The van der Waals surface area contributed by atoms with E-state index in [2.05, 4.69) is 19.9 Å². The van der Waals surface area contributed by atoms with Gasteiger partial charge in [-0.2, -0.15) is 0 Å². The van der Waals surface area contributed by atoms with E-state index >= 15 is 0 Å². The first-order chi connectivity index (χ1) is 11.3. The molecule has 3 saturated carbocycles. The van der Waals surface area contributed by atoms with Crippen LogP contribution in [0, 0.1) is 34.5 Å². The topological polar surface area (TPSA) is 37.3 Å². The molecule has 4 aliphatic rings. The minimum atomic E-state index is -0.120. The van der Waals surface area contributed by atoms with Gasteiger partial charge in [-0.05, 0) is 93.3 Å². The van der Waals surface area contributed by atoms with E-state index < -0.39 is 0 Å². The Bertz CT molecular complexity index is 564. The van der Waals surface area contributed by atoms with Crippen molar-refractivity contribution in [2.24, 2.45) is 34.5 Å². The molecule has 24 heavy (non-hydrogen) atoms. The van der Waals surface area contributed by atoms with Gasteiger partial charge in [-0.15, -0.1) is 0 Å². The Kier molecular flexibility index (Phi) is 3.99. The summed E-state index contributed by atoms with van der Waals surface area (Å²) in [4.78, 5) is 12.2. The van der Waals surface area contributed by atoms with Crippen LogP contribution in [0.5, 0.6) is 0 Å². The number of carbonyl (C=O) groups is 1. The second-order valence-corrected chi connectivity index (χ2v) is 9.86. The van der Waals surface area contributed by atoms with Crippen molar-refractivity contribution in [2.45, 2.75) is 84.7 Å². The number of aliphatic hydroxyl groups is 1. The Morgan fingerprint density at radius 1 is 1.17 bits per heavy atom. The van der Waals surface area contributed by atoms with Crippen LogP contribution < -0.4 is 0 Å². The highest BCUT2D eigenvalue weighted by Crippen LogP contribution is 2.62. The molecule has 2 heteroatoms. The normalized spacial score (nSPS) is 51.0. The molecular formula is C22H34O2. The summed E-state index contributed by atoms with van der Waals surface area (Å²) in [5.74, 6) is 3.03. The Labute approximate surface area is 147 Å². The van der Waals surface area contributed by atoms with E-state index in [0.717, 1.165) is 43.4 Å². The van der Waals surface area contributed by atoms with Gasteiger partial charge in [0.15, 0.2) is 0 Å². The van der Waals surface area contributed by atoms with E-state index in [4.69, 9.17) is 0 Å². The number of fused-ring (bicyclic) bond motifs is 4. The van der Waals surface area contributed by atoms with Crippen molar-refractivity contribution in [1.29, 1.82) is 0 Å². The van der Waals surface area contributed by atoms with Crippen LogP contribution in [-0.2, 0) is 4.79 Å². The Morgan fingerprint density at radius 3 is 2.71 bits per heavy atom. The molecule has 0 amide bonds. The van der Waals surface area contributed by atoms with E-state index in [0.29, 0.717) is 17.1 Å². The fraction of sp³-hybridized carbons (Fsp3) is 0.864. The largest absolute Gasteiger partial charge is 0.393 e. The average Bonchev–Trinajstić information content (AvgIpc) is 2.76. The second-order valence-electron chi connectivity index (χ2n) is 9.86. The molecule has 4 aliphatic carbocycles. The third-order valence-corrected chi connectivity index (χ3v) is 8.84. The van der Waals surface area contributed by atoms with Crippen LogP contribution in [0.4, 0.5) is 0 Å². The van der Waals surface area contributed by atoms with Gasteiger partial charge in [0.25, 0.3) is 0 Å². The van der Waals surface area contributed by atoms with Crippen molar-refractivity contribution >= 4 is 5.78 Å². The summed E-state index contributed by atoms with van der Waals surface area (Å²) >= 11 is 0. The van der Waals surface area contributed by atoms with Gasteiger partial charge >= 0.3 is 0 Å². The molecule has 0 spiro atoms. The molecule has 2 nitrogen and oxygen atoms in total. The summed E-state index contributed by atoms with van der Waals surface area (Å²) in [7, 11) is 0. The SMILES string of the molecule is CC(=O)C1CCC2CC3CC=C4CC(O)CCC4(C)C3CCC21C. The minimum absolute atomic E-state index is 0.120. The molecule has 0 heterocycles. The Morgan fingerprint density at radius 2 is 1.96 bits per heavy atom. The van der Waals surface area contributed by atoms with E-state index in [1.54, 1.807) is 5.57 Å². The van der Waals surface area contributed by atoms with E-state index in [1.165, 1.54) is 32.1 Å². The number of Topliss-reactive ketones (excluding diaryl/α,β-unsaturated/α-hetero) is 1. The van der Waals surface area contributed by atoms with E-state index in [1.807, 2.05) is 6.92 Å². The van der Waals surface area contributed by atoms with E-state index in [9.17, 15) is 9.90 Å². The summed E-state index contributed by atoms with van der Waals surface area (Å²) in [6.45, 7) is 6.72. The zero-order valence-electron chi connectivity index (χ0n) is 15.7. The standard InChI is InChI=1S/C22H34O2/c1-14(23)19-7-6-16-12-15-4-5-17-13-18(24)8-10-22(17,3)20(15)9-11-21(16,19)2/h5,15-16,18-20,24H,4,6-13H2,1-3H3. The molecule has 1 N–H and O–H groups in total. The van der Waals surface area contributed by atoms with E-state index in [-0.39, 0.29) is 11.5 Å². The maximum Gasteiger partial charge on any atom is 0.133 e. The quantitative estimate of drug-likeness (QED) is 0.694. The van der Waals surface area contributed by atoms with Crippen LogP contribution >= 0.6 is 0 Å². The van der Waals surface area contributed by atoms with Crippen molar-refractivity contribution in [2.75, 3.05) is 0 Å². The number of rotatable bonds is 1. The van der Waals surface area contributed by atoms with Gasteiger partial charge in [0.2, 0.25) is 0 Å². The molecular weight excluding hydrogens is 296 g/mol. The summed E-state index contributed by atoms with van der Waals surface area (Å²) in [5, 5.41) is 10.1. The van der Waals surface area contributed by atoms with Gasteiger partial charge in [-0.25, -0.2) is 0 Å². The highest BCUT2D eigenvalue weighted by Gasteiger charge is 2.54. The fourth-order valence-corrected chi connectivity index (χ4v) is 7.33. The Balaban J connectivity index is 1.63. The first-order valence-electron chi connectivity index (χ1n) is 10.2. The molecule has 4 rings (SSSR count). The van der Waals surface area contributed by atoms with Crippen molar-refractivity contribution in [3.8, 4) is 0 Å². The van der Waals surface area contributed by atoms with Crippen LogP contribution in [-0.4, -0.2) is 17.0 Å². The third kappa shape index (κ3) is 2.35. The predicted molar refractivity (Wildman–Crippen MR) is 96.5 cm³/mol. The van der Waals surface area contributed by atoms with Crippen LogP contribution in [0.2, 0.25) is 0 Å². The Hall–Kier alpha value is -0.630. The summed E-state index contributed by atoms with van der Waals surface area (Å²) < 4.78 is 0. The smallest absolute Gasteiger partial charge is 0.133 e. The number of carbonyl (C=O) groups excluding carboxylic acids is 1. The van der Waals surface area contributed by atoms with Crippen molar-refractivity contribution < 1.29 is 9.90 Å². The molecule has 0 radical (unpaired) electrons. The van der Waals surface area contributed by atoms with Gasteiger partial charge in [-0.1, -0.05) is 25.5 Å². The van der Waals surface area contributed by atoms with Crippen molar-refractivity contribution in [3.05, 3.63) is 11.6 Å². The molecule has 3 fully saturated rings. The first-order valence-corrected chi connectivity index (χ1v) is 10.2. The minimum Gasteiger partial charge on any atom is -0.393 e. The summed E-state index contributed by atoms with van der Waals surface area (Å²) in [5.41, 5.74) is 2.10. The lowest BCUT2D eigenvalue weighted by Gasteiger charge is -2.50. The van der Waals surface area contributed by atoms with Gasteiger partial charge in [-0.3, -0.25) is 4.79 Å². The number of allylic oxidation sites excluding steroid dienone is 1. The molecule has 7 unspecified atom stereocenters. The zero-order chi connectivity index (χ0) is 17.1. The van der Waals surface area contributed by atoms with Crippen LogP contribution in [0.15, 0.2) is 11.6 Å². The molecule has 0 aromatic rings. The van der Waals surface area contributed by atoms with Crippen LogP contribution in [0.25, 0.3) is 0 Å². The van der Waals surface area contributed by atoms with Crippen molar-refractivity contribution in [3.63, 3.8) is 0 Å². The number of hydrogen-bond acceptors (Lipinski definition) is 2. The summed E-state index contributed by atoms with van der Waals surface area (Å²) in [6, 6.07) is 0. The molecule has 0 saturated heterocycles.